The molecule has 0 aliphatic heterocycles. The molecular weight excluding hydrogens is 238 g/mol. The first-order chi connectivity index (χ1) is 8.72. The summed E-state index contributed by atoms with van der Waals surface area (Å²) in [5.41, 5.74) is 3.11. The minimum Gasteiger partial charge on any atom is -0.497 e. The third-order valence-corrected chi connectivity index (χ3v) is 3.80. The van der Waals surface area contributed by atoms with Gasteiger partial charge in [0.2, 0.25) is 0 Å². The summed E-state index contributed by atoms with van der Waals surface area (Å²) in [5, 5.41) is 11.5. The highest BCUT2D eigenvalue weighted by Gasteiger charge is 2.34. The number of methoxy groups -OCH3 is 1. The average molecular weight is 265 g/mol. The number of hydrogen-bond acceptors (Lipinski definition) is 3. The van der Waals surface area contributed by atoms with Gasteiger partial charge >= 0.3 is 0 Å². The van der Waals surface area contributed by atoms with Gasteiger partial charge in [-0.3, -0.25) is 0 Å². The molecule has 0 radical (unpaired) electrons. The highest BCUT2D eigenvalue weighted by molar-refractivity contribution is 5.44. The fourth-order valence-corrected chi connectivity index (χ4v) is 3.08. The van der Waals surface area contributed by atoms with E-state index in [0.717, 1.165) is 23.3 Å². The third kappa shape index (κ3) is 3.28. The monoisotopic (exact) mass is 265 g/mol. The van der Waals surface area contributed by atoms with E-state index in [1.807, 2.05) is 12.1 Å². The number of hydroxylamine groups is 2. The SMILES string of the molecule is COc1cc(C)c(C(C)(CC(C)C)N(C)O)c(C)c1. The minimum absolute atomic E-state index is 0.380. The molecule has 3 heteroatoms. The average Bonchev–Trinajstić information content (AvgIpc) is 2.26. The van der Waals surface area contributed by atoms with Gasteiger partial charge in [-0.25, -0.2) is 0 Å². The molecule has 0 heterocycles. The van der Waals surface area contributed by atoms with Crippen LogP contribution in [0.25, 0.3) is 0 Å². The van der Waals surface area contributed by atoms with E-state index >= 15 is 0 Å². The molecule has 0 aliphatic carbocycles. The first kappa shape index (κ1) is 16.0. The summed E-state index contributed by atoms with van der Waals surface area (Å²) >= 11 is 0. The van der Waals surface area contributed by atoms with E-state index in [2.05, 4.69) is 34.6 Å². The predicted molar refractivity (Wildman–Crippen MR) is 78.8 cm³/mol. The normalized spacial score (nSPS) is 14.8. The Morgan fingerprint density at radius 1 is 1.26 bits per heavy atom. The van der Waals surface area contributed by atoms with Crippen molar-refractivity contribution in [3.63, 3.8) is 0 Å². The molecule has 0 amide bonds. The van der Waals surface area contributed by atoms with E-state index in [1.54, 1.807) is 14.2 Å². The quantitative estimate of drug-likeness (QED) is 0.820. The van der Waals surface area contributed by atoms with Gasteiger partial charge in [-0.05, 0) is 61.9 Å². The van der Waals surface area contributed by atoms with Crippen molar-refractivity contribution in [1.82, 2.24) is 5.06 Å². The van der Waals surface area contributed by atoms with E-state index in [9.17, 15) is 5.21 Å². The molecule has 1 aromatic carbocycles. The Morgan fingerprint density at radius 2 is 1.74 bits per heavy atom. The summed E-state index contributed by atoms with van der Waals surface area (Å²) in [6.07, 6.45) is 0.897. The van der Waals surface area contributed by atoms with Crippen molar-refractivity contribution in [2.24, 2.45) is 5.92 Å². The van der Waals surface area contributed by atoms with E-state index in [4.69, 9.17) is 4.74 Å². The minimum atomic E-state index is -0.380. The van der Waals surface area contributed by atoms with Gasteiger partial charge in [0.25, 0.3) is 0 Å². The largest absolute Gasteiger partial charge is 0.497 e. The van der Waals surface area contributed by atoms with Crippen LogP contribution < -0.4 is 4.74 Å². The molecule has 0 saturated carbocycles. The molecule has 0 saturated heterocycles. The molecule has 1 aromatic rings. The van der Waals surface area contributed by atoms with Crippen LogP contribution in [0.5, 0.6) is 5.75 Å². The fourth-order valence-electron chi connectivity index (χ4n) is 3.08. The number of nitrogens with zero attached hydrogens (tertiary/aromatic N) is 1. The Kier molecular flexibility index (Phi) is 4.99. The van der Waals surface area contributed by atoms with Gasteiger partial charge in [-0.15, -0.1) is 0 Å². The van der Waals surface area contributed by atoms with E-state index < -0.39 is 0 Å². The Hall–Kier alpha value is -1.06. The topological polar surface area (TPSA) is 32.7 Å². The van der Waals surface area contributed by atoms with Gasteiger partial charge < -0.3 is 9.94 Å². The van der Waals surface area contributed by atoms with Gasteiger partial charge in [0.1, 0.15) is 5.75 Å². The Morgan fingerprint density at radius 3 is 2.05 bits per heavy atom. The van der Waals surface area contributed by atoms with Crippen molar-refractivity contribution in [2.75, 3.05) is 14.2 Å². The van der Waals surface area contributed by atoms with Crippen molar-refractivity contribution in [3.8, 4) is 5.75 Å². The van der Waals surface area contributed by atoms with Crippen molar-refractivity contribution >= 4 is 0 Å². The fraction of sp³-hybridized carbons (Fsp3) is 0.625. The highest BCUT2D eigenvalue weighted by Crippen LogP contribution is 2.38. The lowest BCUT2D eigenvalue weighted by Crippen LogP contribution is -2.41. The molecule has 1 rings (SSSR count). The molecule has 3 nitrogen and oxygen atoms in total. The standard InChI is InChI=1S/C16H27NO2/c1-11(2)10-16(5,17(6)18)15-12(3)8-14(19-7)9-13(15)4/h8-9,11,18H,10H2,1-7H3. The number of rotatable bonds is 5. The molecule has 0 fully saturated rings. The number of ether oxygens (including phenoxy) is 1. The van der Waals surface area contributed by atoms with Gasteiger partial charge in [0.05, 0.1) is 12.6 Å². The van der Waals surface area contributed by atoms with Crippen LogP contribution >= 0.6 is 0 Å². The number of hydrogen-bond donors (Lipinski definition) is 1. The van der Waals surface area contributed by atoms with Gasteiger partial charge in [-0.2, -0.15) is 5.06 Å². The first-order valence-corrected chi connectivity index (χ1v) is 6.80. The molecule has 0 spiro atoms. The summed E-state index contributed by atoms with van der Waals surface area (Å²) in [6.45, 7) is 10.6. The summed E-state index contributed by atoms with van der Waals surface area (Å²) in [7, 11) is 3.41. The number of benzene rings is 1. The zero-order chi connectivity index (χ0) is 14.8. The molecule has 19 heavy (non-hydrogen) atoms. The molecule has 1 unspecified atom stereocenters. The zero-order valence-corrected chi connectivity index (χ0v) is 13.2. The molecule has 1 atom stereocenters. The zero-order valence-electron chi connectivity index (χ0n) is 13.2. The first-order valence-electron chi connectivity index (χ1n) is 6.80. The Labute approximate surface area is 117 Å². The lowest BCUT2D eigenvalue weighted by atomic mass is 9.79. The summed E-state index contributed by atoms with van der Waals surface area (Å²) in [5.74, 6) is 1.37. The van der Waals surface area contributed by atoms with E-state index in [1.165, 1.54) is 10.6 Å². The van der Waals surface area contributed by atoms with Crippen molar-refractivity contribution in [3.05, 3.63) is 28.8 Å². The Balaban J connectivity index is 3.39. The van der Waals surface area contributed by atoms with Crippen LogP contribution in [0.3, 0.4) is 0 Å². The highest BCUT2D eigenvalue weighted by atomic mass is 16.5. The predicted octanol–water partition coefficient (Wildman–Crippen LogP) is 3.89. The lowest BCUT2D eigenvalue weighted by molar-refractivity contribution is -0.157. The second-order valence-electron chi connectivity index (χ2n) is 6.03. The molecule has 0 bridgehead atoms. The maximum Gasteiger partial charge on any atom is 0.119 e. The van der Waals surface area contributed by atoms with Crippen LogP contribution in [-0.4, -0.2) is 24.4 Å². The molecule has 1 N–H and O–H groups in total. The van der Waals surface area contributed by atoms with Crippen LogP contribution in [0.1, 0.15) is 43.9 Å². The van der Waals surface area contributed by atoms with Crippen molar-refractivity contribution in [1.29, 1.82) is 0 Å². The van der Waals surface area contributed by atoms with Gasteiger partial charge in [0, 0.05) is 7.05 Å². The van der Waals surface area contributed by atoms with E-state index in [-0.39, 0.29) is 5.54 Å². The maximum atomic E-state index is 10.2. The van der Waals surface area contributed by atoms with Crippen LogP contribution in [0, 0.1) is 19.8 Å². The lowest BCUT2D eigenvalue weighted by Gasteiger charge is -2.39. The van der Waals surface area contributed by atoms with Crippen LogP contribution in [-0.2, 0) is 5.54 Å². The maximum absolute atomic E-state index is 10.2. The summed E-state index contributed by atoms with van der Waals surface area (Å²) < 4.78 is 5.31. The van der Waals surface area contributed by atoms with Crippen LogP contribution in [0.15, 0.2) is 12.1 Å². The smallest absolute Gasteiger partial charge is 0.119 e. The molecule has 108 valence electrons. The van der Waals surface area contributed by atoms with Crippen LogP contribution in [0.2, 0.25) is 0 Å². The van der Waals surface area contributed by atoms with Crippen molar-refractivity contribution in [2.45, 2.75) is 46.6 Å². The second-order valence-corrected chi connectivity index (χ2v) is 6.03. The summed E-state index contributed by atoms with van der Waals surface area (Å²) in [4.78, 5) is 0. The van der Waals surface area contributed by atoms with Gasteiger partial charge in [-0.1, -0.05) is 13.8 Å². The van der Waals surface area contributed by atoms with Gasteiger partial charge in [0.15, 0.2) is 0 Å². The third-order valence-electron chi connectivity index (χ3n) is 3.80. The molecule has 0 aromatic heterocycles. The summed E-state index contributed by atoms with van der Waals surface area (Å²) in [6, 6.07) is 4.06. The van der Waals surface area contributed by atoms with E-state index in [0.29, 0.717) is 5.92 Å². The Bertz CT molecular complexity index is 417. The molecular formula is C16H27NO2. The molecule has 0 aliphatic rings. The number of aryl methyl sites for hydroxylation is 2. The van der Waals surface area contributed by atoms with Crippen LogP contribution in [0.4, 0.5) is 0 Å². The van der Waals surface area contributed by atoms with Crippen molar-refractivity contribution < 1.29 is 9.94 Å². The second kappa shape index (κ2) is 5.93.